The molecule has 0 amide bonds. The monoisotopic (exact) mass is 355 g/mol. The molecule has 2 aromatic rings. The van der Waals surface area contributed by atoms with Crippen molar-refractivity contribution >= 4 is 16.0 Å². The topological polar surface area (TPSA) is 101 Å². The molecule has 130 valence electrons. The molecular formula is C15H18FN3O4S. The summed E-state index contributed by atoms with van der Waals surface area (Å²) in [5.74, 6) is -2.54. The largest absolute Gasteiger partial charge is 0.480 e. The third kappa shape index (κ3) is 3.80. The van der Waals surface area contributed by atoms with Gasteiger partial charge in [0.05, 0.1) is 11.1 Å². The normalized spacial score (nSPS) is 13.2. The first kappa shape index (κ1) is 18.1. The van der Waals surface area contributed by atoms with Crippen LogP contribution in [0.1, 0.15) is 19.4 Å². The Kier molecular flexibility index (Phi) is 5.05. The van der Waals surface area contributed by atoms with Gasteiger partial charge in [0.25, 0.3) is 0 Å². The molecular weight excluding hydrogens is 337 g/mol. The standard InChI is InChI=1S/C15H18FN3O4S/c1-9(2)14(15(20)21)18-24(22,23)11-4-5-13(12(16)6-11)19-8-10(3)7-17-19/h4-9,14,18H,1-3H3,(H,20,21)/t14-/m1/s1. The first-order valence-corrected chi connectivity index (χ1v) is 8.66. The summed E-state index contributed by atoms with van der Waals surface area (Å²) >= 11 is 0. The Labute approximate surface area is 139 Å². The lowest BCUT2D eigenvalue weighted by Gasteiger charge is -2.18. The molecule has 0 spiro atoms. The van der Waals surface area contributed by atoms with Crippen molar-refractivity contribution in [3.63, 3.8) is 0 Å². The number of rotatable bonds is 6. The number of carboxylic acid groups (broad SMARTS) is 1. The summed E-state index contributed by atoms with van der Waals surface area (Å²) in [6.45, 7) is 4.94. The van der Waals surface area contributed by atoms with Gasteiger partial charge in [0, 0.05) is 6.20 Å². The molecule has 0 unspecified atom stereocenters. The van der Waals surface area contributed by atoms with E-state index in [0.717, 1.165) is 11.6 Å². The molecule has 0 aliphatic heterocycles. The van der Waals surface area contributed by atoms with Crippen LogP contribution in [-0.4, -0.2) is 35.3 Å². The Morgan fingerprint density at radius 2 is 2.04 bits per heavy atom. The number of halogens is 1. The van der Waals surface area contributed by atoms with Gasteiger partial charge in [0.1, 0.15) is 17.5 Å². The number of aromatic nitrogens is 2. The van der Waals surface area contributed by atoms with Gasteiger partial charge in [-0.25, -0.2) is 17.5 Å². The first-order chi connectivity index (χ1) is 11.1. The zero-order valence-electron chi connectivity index (χ0n) is 13.4. The molecule has 0 saturated heterocycles. The number of carboxylic acids is 1. The molecule has 0 saturated carbocycles. The van der Waals surface area contributed by atoms with Crippen LogP contribution in [-0.2, 0) is 14.8 Å². The molecule has 0 fully saturated rings. The van der Waals surface area contributed by atoms with Gasteiger partial charge in [0.15, 0.2) is 0 Å². The summed E-state index contributed by atoms with van der Waals surface area (Å²) in [5.41, 5.74) is 0.926. The van der Waals surface area contributed by atoms with Crippen LogP contribution in [0.25, 0.3) is 5.69 Å². The van der Waals surface area contributed by atoms with Crippen molar-refractivity contribution in [3.8, 4) is 5.69 Å². The van der Waals surface area contributed by atoms with E-state index in [9.17, 15) is 17.6 Å². The van der Waals surface area contributed by atoms with E-state index in [4.69, 9.17) is 5.11 Å². The van der Waals surface area contributed by atoms with E-state index in [-0.39, 0.29) is 10.6 Å². The highest BCUT2D eigenvalue weighted by Crippen LogP contribution is 2.19. The molecule has 24 heavy (non-hydrogen) atoms. The Balaban J connectivity index is 2.35. The summed E-state index contributed by atoms with van der Waals surface area (Å²) in [7, 11) is -4.17. The molecule has 1 aromatic carbocycles. The molecule has 1 atom stereocenters. The third-order valence-corrected chi connectivity index (χ3v) is 4.84. The van der Waals surface area contributed by atoms with E-state index in [1.807, 2.05) is 0 Å². The summed E-state index contributed by atoms with van der Waals surface area (Å²) in [5, 5.41) is 13.1. The smallest absolute Gasteiger partial charge is 0.322 e. The number of hydrogen-bond acceptors (Lipinski definition) is 4. The second-order valence-electron chi connectivity index (χ2n) is 5.76. The van der Waals surface area contributed by atoms with Crippen molar-refractivity contribution < 1.29 is 22.7 Å². The SMILES string of the molecule is Cc1cnn(-c2ccc(S(=O)(=O)N[C@@H](C(=O)O)C(C)C)cc2F)c1. The molecule has 1 heterocycles. The van der Waals surface area contributed by atoms with Gasteiger partial charge in [-0.05, 0) is 36.6 Å². The van der Waals surface area contributed by atoms with Crippen LogP contribution >= 0.6 is 0 Å². The van der Waals surface area contributed by atoms with Crippen molar-refractivity contribution in [1.29, 1.82) is 0 Å². The molecule has 2 rings (SSSR count). The highest BCUT2D eigenvalue weighted by molar-refractivity contribution is 7.89. The van der Waals surface area contributed by atoms with E-state index in [1.54, 1.807) is 33.2 Å². The number of nitrogens with zero attached hydrogens (tertiary/aromatic N) is 2. The zero-order valence-corrected chi connectivity index (χ0v) is 14.2. The molecule has 0 bridgehead atoms. The van der Waals surface area contributed by atoms with Gasteiger partial charge >= 0.3 is 5.97 Å². The Morgan fingerprint density at radius 1 is 1.38 bits per heavy atom. The Hall–Kier alpha value is -2.26. The molecule has 0 aliphatic carbocycles. The van der Waals surface area contributed by atoms with Gasteiger partial charge in [-0.3, -0.25) is 4.79 Å². The quantitative estimate of drug-likeness (QED) is 0.821. The number of benzene rings is 1. The maximum absolute atomic E-state index is 14.3. The van der Waals surface area contributed by atoms with Gasteiger partial charge in [-0.2, -0.15) is 9.82 Å². The summed E-state index contributed by atoms with van der Waals surface area (Å²) in [6.07, 6.45) is 3.15. The lowest BCUT2D eigenvalue weighted by molar-refractivity contribution is -0.140. The minimum Gasteiger partial charge on any atom is -0.480 e. The summed E-state index contributed by atoms with van der Waals surface area (Å²) in [6, 6.07) is 2.03. The number of hydrogen-bond donors (Lipinski definition) is 2. The molecule has 7 nitrogen and oxygen atoms in total. The molecule has 2 N–H and O–H groups in total. The number of nitrogens with one attached hydrogen (secondary N) is 1. The highest BCUT2D eigenvalue weighted by Gasteiger charge is 2.28. The maximum Gasteiger partial charge on any atom is 0.322 e. The maximum atomic E-state index is 14.3. The number of aryl methyl sites for hydroxylation is 1. The predicted octanol–water partition coefficient (Wildman–Crippen LogP) is 1.71. The molecule has 0 aliphatic rings. The van der Waals surface area contributed by atoms with Crippen LogP contribution in [0.5, 0.6) is 0 Å². The Morgan fingerprint density at radius 3 is 2.50 bits per heavy atom. The van der Waals surface area contributed by atoms with Crippen LogP contribution in [0, 0.1) is 18.7 Å². The highest BCUT2D eigenvalue weighted by atomic mass is 32.2. The van der Waals surface area contributed by atoms with Gasteiger partial charge in [-0.15, -0.1) is 0 Å². The second-order valence-corrected chi connectivity index (χ2v) is 7.47. The zero-order chi connectivity index (χ0) is 18.1. The van der Waals surface area contributed by atoms with Gasteiger partial charge in [0.2, 0.25) is 10.0 Å². The van der Waals surface area contributed by atoms with Gasteiger partial charge < -0.3 is 5.11 Å². The van der Waals surface area contributed by atoms with E-state index in [1.165, 1.54) is 16.8 Å². The van der Waals surface area contributed by atoms with Crippen LogP contribution in [0.15, 0.2) is 35.5 Å². The van der Waals surface area contributed by atoms with E-state index in [2.05, 4.69) is 9.82 Å². The van der Waals surface area contributed by atoms with Crippen LogP contribution < -0.4 is 4.72 Å². The van der Waals surface area contributed by atoms with E-state index >= 15 is 0 Å². The minimum absolute atomic E-state index is 0.0979. The number of sulfonamides is 1. The van der Waals surface area contributed by atoms with Crippen molar-refractivity contribution in [2.24, 2.45) is 5.92 Å². The summed E-state index contributed by atoms with van der Waals surface area (Å²) < 4.78 is 42.2. The number of aliphatic carboxylic acids is 1. The van der Waals surface area contributed by atoms with Crippen molar-refractivity contribution in [3.05, 3.63) is 42.0 Å². The van der Waals surface area contributed by atoms with E-state index < -0.39 is 33.8 Å². The van der Waals surface area contributed by atoms with Crippen LogP contribution in [0.4, 0.5) is 4.39 Å². The first-order valence-electron chi connectivity index (χ1n) is 7.18. The fourth-order valence-corrected chi connectivity index (χ4v) is 3.44. The molecule has 0 radical (unpaired) electrons. The lowest BCUT2D eigenvalue weighted by atomic mass is 10.1. The minimum atomic E-state index is -4.17. The number of carbonyl (C=O) groups is 1. The third-order valence-electron chi connectivity index (χ3n) is 3.40. The van der Waals surface area contributed by atoms with Crippen LogP contribution in [0.3, 0.4) is 0 Å². The molecule has 9 heteroatoms. The Bertz CT molecular complexity index is 861. The average molecular weight is 355 g/mol. The lowest BCUT2D eigenvalue weighted by Crippen LogP contribution is -2.44. The second kappa shape index (κ2) is 6.70. The predicted molar refractivity (Wildman–Crippen MR) is 84.8 cm³/mol. The average Bonchev–Trinajstić information content (AvgIpc) is 2.90. The fraction of sp³-hybridized carbons (Fsp3) is 0.333. The van der Waals surface area contributed by atoms with Crippen molar-refractivity contribution in [1.82, 2.24) is 14.5 Å². The molecule has 1 aromatic heterocycles. The van der Waals surface area contributed by atoms with Gasteiger partial charge in [-0.1, -0.05) is 13.8 Å². The summed E-state index contributed by atoms with van der Waals surface area (Å²) in [4.78, 5) is 10.8. The fourth-order valence-electron chi connectivity index (χ4n) is 2.09. The van der Waals surface area contributed by atoms with Crippen molar-refractivity contribution in [2.45, 2.75) is 31.7 Å². The van der Waals surface area contributed by atoms with Crippen LogP contribution in [0.2, 0.25) is 0 Å². The van der Waals surface area contributed by atoms with E-state index in [0.29, 0.717) is 0 Å². The van der Waals surface area contributed by atoms with Crippen molar-refractivity contribution in [2.75, 3.05) is 0 Å².